The van der Waals surface area contributed by atoms with E-state index in [2.05, 4.69) is 16.1 Å². The number of sulfonamides is 1. The number of carbonyl (C=O) groups is 1. The highest BCUT2D eigenvalue weighted by Gasteiger charge is 2.30. The molecule has 0 spiro atoms. The largest absolute Gasteiger partial charge is 0.326 e. The summed E-state index contributed by atoms with van der Waals surface area (Å²) in [7, 11) is -3.49. The van der Waals surface area contributed by atoms with Gasteiger partial charge in [-0.15, -0.1) is 0 Å². The van der Waals surface area contributed by atoms with Crippen molar-refractivity contribution in [3.05, 3.63) is 29.8 Å². The molecule has 2 aliphatic rings. The Morgan fingerprint density at radius 2 is 2.00 bits per heavy atom. The van der Waals surface area contributed by atoms with Gasteiger partial charge in [0.05, 0.1) is 17.5 Å². The van der Waals surface area contributed by atoms with E-state index in [0.29, 0.717) is 13.1 Å². The summed E-state index contributed by atoms with van der Waals surface area (Å²) in [6, 6.07) is 8.93. The van der Waals surface area contributed by atoms with Crippen molar-refractivity contribution in [2.75, 3.05) is 19.6 Å². The Hall–Kier alpha value is -1.95. The highest BCUT2D eigenvalue weighted by atomic mass is 32.2. The first-order valence-electron chi connectivity index (χ1n) is 9.88. The number of benzene rings is 1. The maximum absolute atomic E-state index is 12.4. The predicted molar refractivity (Wildman–Crippen MR) is 106 cm³/mol. The lowest BCUT2D eigenvalue weighted by Crippen LogP contribution is -2.43. The topological polar surface area (TPSA) is 102 Å². The summed E-state index contributed by atoms with van der Waals surface area (Å²) < 4.78 is 27.5. The molecular weight excluding hydrogens is 376 g/mol. The fraction of sp³-hybridized carbons (Fsp3) is 0.600. The third kappa shape index (κ3) is 5.10. The summed E-state index contributed by atoms with van der Waals surface area (Å²) in [5, 5.41) is 12.4. The highest BCUT2D eigenvalue weighted by molar-refractivity contribution is 7.89. The molecule has 1 aliphatic carbocycles. The molecule has 1 heterocycles. The Kier molecular flexibility index (Phi) is 6.70. The molecule has 3 atom stereocenters. The highest BCUT2D eigenvalue weighted by Crippen LogP contribution is 2.25. The maximum Gasteiger partial charge on any atom is 0.240 e. The summed E-state index contributed by atoms with van der Waals surface area (Å²) in [4.78, 5) is 14.3. The van der Waals surface area contributed by atoms with Crippen molar-refractivity contribution in [2.24, 2.45) is 5.92 Å². The standard InChI is InChI=1S/C20H28N4O3S/c1-15-4-8-19(9-5-15)28(26,27)23-13-16-6-7-17(11-16)22-14-20(25)24-10-2-3-18(24)12-21/h4-5,8-9,16-18,22-23H,2-3,6-7,10-11,13-14H2,1H3/t16-,17+,18+/m1/s1. The number of amides is 1. The van der Waals surface area contributed by atoms with E-state index < -0.39 is 10.0 Å². The van der Waals surface area contributed by atoms with Crippen molar-refractivity contribution in [1.29, 1.82) is 5.26 Å². The molecule has 8 heteroatoms. The number of carbonyl (C=O) groups excluding carboxylic acids is 1. The number of nitrogens with zero attached hydrogens (tertiary/aromatic N) is 2. The summed E-state index contributed by atoms with van der Waals surface area (Å²) >= 11 is 0. The molecule has 1 aliphatic heterocycles. The van der Waals surface area contributed by atoms with Gasteiger partial charge in [0.25, 0.3) is 0 Å². The lowest BCUT2D eigenvalue weighted by atomic mass is 10.1. The number of rotatable bonds is 7. The van der Waals surface area contributed by atoms with Crippen LogP contribution in [0.1, 0.15) is 37.7 Å². The van der Waals surface area contributed by atoms with Gasteiger partial charge in [0.15, 0.2) is 0 Å². The van der Waals surface area contributed by atoms with Crippen LogP contribution in [0.4, 0.5) is 0 Å². The van der Waals surface area contributed by atoms with E-state index in [-0.39, 0.29) is 35.3 Å². The van der Waals surface area contributed by atoms with E-state index >= 15 is 0 Å². The first kappa shape index (κ1) is 20.8. The Labute approximate surface area is 167 Å². The van der Waals surface area contributed by atoms with E-state index in [1.54, 1.807) is 29.2 Å². The SMILES string of the molecule is Cc1ccc(S(=O)(=O)NC[C@@H]2CC[C@H](NCC(=O)N3CCC[C@H]3C#N)C2)cc1. The van der Waals surface area contributed by atoms with Crippen molar-refractivity contribution in [3.63, 3.8) is 0 Å². The van der Waals surface area contributed by atoms with Crippen LogP contribution in [0.5, 0.6) is 0 Å². The van der Waals surface area contributed by atoms with Crippen molar-refractivity contribution in [3.8, 4) is 6.07 Å². The van der Waals surface area contributed by atoms with Gasteiger partial charge in [-0.1, -0.05) is 17.7 Å². The molecule has 3 rings (SSSR count). The summed E-state index contributed by atoms with van der Waals surface area (Å²) in [5.74, 6) is 0.235. The quantitative estimate of drug-likeness (QED) is 0.718. The van der Waals surface area contributed by atoms with Crippen LogP contribution in [0.25, 0.3) is 0 Å². The number of aryl methyl sites for hydroxylation is 1. The number of hydrogen-bond donors (Lipinski definition) is 2. The second-order valence-corrected chi connectivity index (χ2v) is 9.56. The molecule has 1 aromatic rings. The van der Waals surface area contributed by atoms with Gasteiger partial charge >= 0.3 is 0 Å². The van der Waals surface area contributed by atoms with Gasteiger partial charge in [-0.2, -0.15) is 5.26 Å². The lowest BCUT2D eigenvalue weighted by Gasteiger charge is -2.21. The van der Waals surface area contributed by atoms with Crippen LogP contribution in [0, 0.1) is 24.2 Å². The van der Waals surface area contributed by atoms with Gasteiger partial charge in [-0.25, -0.2) is 13.1 Å². The van der Waals surface area contributed by atoms with Gasteiger partial charge in [0.2, 0.25) is 15.9 Å². The van der Waals surface area contributed by atoms with Crippen LogP contribution in [-0.2, 0) is 14.8 Å². The molecular formula is C20H28N4O3S. The molecule has 1 saturated carbocycles. The predicted octanol–water partition coefficient (Wildman–Crippen LogP) is 1.55. The monoisotopic (exact) mass is 404 g/mol. The van der Waals surface area contributed by atoms with Gasteiger partial charge in [0.1, 0.15) is 6.04 Å². The fourth-order valence-corrected chi connectivity index (χ4v) is 5.12. The van der Waals surface area contributed by atoms with Crippen molar-refractivity contribution >= 4 is 15.9 Å². The van der Waals surface area contributed by atoms with Gasteiger partial charge in [-0.05, 0) is 57.1 Å². The Bertz CT molecular complexity index is 832. The number of likely N-dealkylation sites (tertiary alicyclic amines) is 1. The molecule has 152 valence electrons. The smallest absolute Gasteiger partial charge is 0.240 e. The summed E-state index contributed by atoms with van der Waals surface area (Å²) in [5.41, 5.74) is 1.02. The first-order valence-corrected chi connectivity index (χ1v) is 11.4. The summed E-state index contributed by atoms with van der Waals surface area (Å²) in [6.07, 6.45) is 4.33. The average molecular weight is 405 g/mol. The minimum Gasteiger partial charge on any atom is -0.326 e. The fourth-order valence-electron chi connectivity index (χ4n) is 4.01. The van der Waals surface area contributed by atoms with E-state index in [1.165, 1.54) is 0 Å². The van der Waals surface area contributed by atoms with Crippen LogP contribution in [0.15, 0.2) is 29.2 Å². The van der Waals surface area contributed by atoms with Crippen LogP contribution < -0.4 is 10.0 Å². The zero-order valence-corrected chi connectivity index (χ0v) is 17.0. The number of nitriles is 1. The zero-order chi connectivity index (χ0) is 20.1. The zero-order valence-electron chi connectivity index (χ0n) is 16.2. The second kappa shape index (κ2) is 9.03. The minimum absolute atomic E-state index is 0.0208. The lowest BCUT2D eigenvalue weighted by molar-refractivity contribution is -0.130. The molecule has 28 heavy (non-hydrogen) atoms. The number of nitrogens with one attached hydrogen (secondary N) is 2. The molecule has 1 saturated heterocycles. The van der Waals surface area contributed by atoms with Gasteiger partial charge in [-0.3, -0.25) is 4.79 Å². The molecule has 0 aromatic heterocycles. The molecule has 0 unspecified atom stereocenters. The van der Waals surface area contributed by atoms with Crippen LogP contribution >= 0.6 is 0 Å². The van der Waals surface area contributed by atoms with E-state index in [4.69, 9.17) is 5.26 Å². The minimum atomic E-state index is -3.49. The molecule has 0 radical (unpaired) electrons. The van der Waals surface area contributed by atoms with Crippen LogP contribution in [-0.4, -0.2) is 50.9 Å². The van der Waals surface area contributed by atoms with Crippen molar-refractivity contribution in [2.45, 2.75) is 56.0 Å². The molecule has 1 amide bonds. The van der Waals surface area contributed by atoms with E-state index in [0.717, 1.165) is 37.7 Å². The first-order chi connectivity index (χ1) is 13.4. The molecule has 7 nitrogen and oxygen atoms in total. The molecule has 2 fully saturated rings. The molecule has 2 N–H and O–H groups in total. The Morgan fingerprint density at radius 1 is 1.25 bits per heavy atom. The van der Waals surface area contributed by atoms with Crippen molar-refractivity contribution in [1.82, 2.24) is 14.9 Å². The van der Waals surface area contributed by atoms with E-state index in [9.17, 15) is 13.2 Å². The average Bonchev–Trinajstić information content (AvgIpc) is 3.34. The normalized spacial score (nSPS) is 25.0. The second-order valence-electron chi connectivity index (χ2n) is 7.80. The van der Waals surface area contributed by atoms with E-state index in [1.807, 2.05) is 6.92 Å². The van der Waals surface area contributed by atoms with Crippen molar-refractivity contribution < 1.29 is 13.2 Å². The van der Waals surface area contributed by atoms with Crippen LogP contribution in [0.3, 0.4) is 0 Å². The Balaban J connectivity index is 1.42. The van der Waals surface area contributed by atoms with Gasteiger partial charge in [0, 0.05) is 19.1 Å². The third-order valence-corrected chi connectivity index (χ3v) is 7.14. The molecule has 0 bridgehead atoms. The summed E-state index contributed by atoms with van der Waals surface area (Å²) in [6.45, 7) is 3.23. The maximum atomic E-state index is 12.4. The molecule has 1 aromatic carbocycles. The third-order valence-electron chi connectivity index (χ3n) is 5.70. The number of hydrogen-bond acceptors (Lipinski definition) is 5. The van der Waals surface area contributed by atoms with Crippen LogP contribution in [0.2, 0.25) is 0 Å². The Morgan fingerprint density at radius 3 is 2.71 bits per heavy atom. The van der Waals surface area contributed by atoms with Gasteiger partial charge < -0.3 is 10.2 Å².